The van der Waals surface area contributed by atoms with Gasteiger partial charge >= 0.3 is 0 Å². The third kappa shape index (κ3) is 5.17. The van der Waals surface area contributed by atoms with Crippen LogP contribution in [0.1, 0.15) is 18.9 Å². The van der Waals surface area contributed by atoms with Crippen molar-refractivity contribution in [3.05, 3.63) is 204 Å². The van der Waals surface area contributed by atoms with Gasteiger partial charge in [-0.1, -0.05) is 158 Å². The van der Waals surface area contributed by atoms with Crippen LogP contribution in [-0.4, -0.2) is 39.2 Å². The van der Waals surface area contributed by atoms with Crippen LogP contribution < -0.4 is 9.80 Å². The van der Waals surface area contributed by atoms with Crippen LogP contribution in [0.3, 0.4) is 0 Å². The van der Waals surface area contributed by atoms with Gasteiger partial charge in [-0.3, -0.25) is 0 Å². The lowest BCUT2D eigenvalue weighted by atomic mass is 9.69. The van der Waals surface area contributed by atoms with Crippen LogP contribution in [-0.2, 0) is 10.2 Å². The molecular formula is C50H39N5O. The number of allylic oxidation sites excluding steroid dienone is 6. The van der Waals surface area contributed by atoms with Gasteiger partial charge in [0.1, 0.15) is 12.2 Å². The van der Waals surface area contributed by atoms with Crippen molar-refractivity contribution in [2.45, 2.75) is 43.1 Å². The Labute approximate surface area is 326 Å². The summed E-state index contributed by atoms with van der Waals surface area (Å²) < 4.78 is 6.98. The number of anilines is 3. The first-order valence-electron chi connectivity index (χ1n) is 19.5. The number of nitrogens with zero attached hydrogens (tertiary/aromatic N) is 5. The summed E-state index contributed by atoms with van der Waals surface area (Å²) in [5.74, 6) is 1.92. The molecule has 0 radical (unpaired) electrons. The summed E-state index contributed by atoms with van der Waals surface area (Å²) in [6, 6.07) is 44.4. The third-order valence-electron chi connectivity index (χ3n) is 12.0. The van der Waals surface area contributed by atoms with Gasteiger partial charge in [-0.2, -0.15) is 9.97 Å². The maximum Gasteiger partial charge on any atom is 0.234 e. The topological polar surface area (TPSA) is 54.4 Å². The first kappa shape index (κ1) is 32.8. The van der Waals surface area contributed by atoms with E-state index in [1.54, 1.807) is 0 Å². The van der Waals surface area contributed by atoms with Crippen LogP contribution in [0.4, 0.5) is 17.3 Å². The number of hydrogen-bond acceptors (Lipinski definition) is 6. The standard InChI is InChI=1S/C50H39N5O/c1-50-31-15-24-39(36-28-29-41-44(32-36)56-43-26-14-13-25-40(43)54(41)37-21-9-4-10-22-37)46(50)55(42-30-27-33-16-11-12-23-38(33)45(42)50)49-52-47(34-17-5-2-6-18-34)51-48(53-49)35-19-7-3-8-20-35/h2-31,40,43-44,46H,32H2,1H3. The van der Waals surface area contributed by atoms with Crippen molar-refractivity contribution in [1.82, 2.24) is 15.0 Å². The Morgan fingerprint density at radius 2 is 1.32 bits per heavy atom. The van der Waals surface area contributed by atoms with E-state index in [9.17, 15) is 0 Å². The predicted octanol–water partition coefficient (Wildman–Crippen LogP) is 10.6. The van der Waals surface area contributed by atoms with E-state index in [0.29, 0.717) is 17.6 Å². The normalized spacial score (nSPS) is 24.5. The van der Waals surface area contributed by atoms with Crippen molar-refractivity contribution in [2.75, 3.05) is 9.80 Å². The first-order chi connectivity index (χ1) is 27.6. The number of benzene rings is 5. The number of aromatic nitrogens is 3. The molecule has 270 valence electrons. The second-order valence-electron chi connectivity index (χ2n) is 15.3. The van der Waals surface area contributed by atoms with Crippen molar-refractivity contribution in [3.8, 4) is 22.8 Å². The number of rotatable bonds is 5. The van der Waals surface area contributed by atoms with Gasteiger partial charge in [-0.05, 0) is 58.7 Å². The van der Waals surface area contributed by atoms with Gasteiger partial charge in [0.15, 0.2) is 11.6 Å². The van der Waals surface area contributed by atoms with Gasteiger partial charge in [0.2, 0.25) is 5.95 Å². The molecule has 6 aromatic rings. The molecular weight excluding hydrogens is 687 g/mol. The summed E-state index contributed by atoms with van der Waals surface area (Å²) in [7, 11) is 0. The van der Waals surface area contributed by atoms with Crippen LogP contribution in [0.15, 0.2) is 199 Å². The van der Waals surface area contributed by atoms with Crippen molar-refractivity contribution in [2.24, 2.45) is 0 Å². The Bertz CT molecular complexity index is 2640. The summed E-state index contributed by atoms with van der Waals surface area (Å²) in [4.78, 5) is 20.6. The summed E-state index contributed by atoms with van der Waals surface area (Å²) in [6.45, 7) is 2.38. The average Bonchev–Trinajstić information content (AvgIpc) is 3.55. The molecule has 1 aromatic heterocycles. The van der Waals surface area contributed by atoms with Crippen LogP contribution in [0.2, 0.25) is 0 Å². The van der Waals surface area contributed by atoms with Crippen LogP contribution >= 0.6 is 0 Å². The molecule has 1 fully saturated rings. The minimum atomic E-state index is -0.400. The Kier molecular flexibility index (Phi) is 7.61. The van der Waals surface area contributed by atoms with Crippen molar-refractivity contribution in [1.29, 1.82) is 0 Å². The number of hydrogen-bond donors (Lipinski definition) is 0. The zero-order chi connectivity index (χ0) is 37.2. The lowest BCUT2D eigenvalue weighted by Gasteiger charge is -2.48. The molecule has 2 aliphatic heterocycles. The third-order valence-corrected chi connectivity index (χ3v) is 12.0. The molecule has 0 amide bonds. The number of ether oxygens (including phenoxy) is 1. The van der Waals surface area contributed by atoms with Crippen LogP contribution in [0, 0.1) is 0 Å². The minimum absolute atomic E-state index is 0.0520. The fraction of sp³-hybridized carbons (Fsp3) is 0.140. The second kappa shape index (κ2) is 13.0. The summed E-state index contributed by atoms with van der Waals surface area (Å²) in [5, 5.41) is 2.46. The molecule has 0 N–H and O–H groups in total. The highest BCUT2D eigenvalue weighted by Gasteiger charge is 2.52. The fourth-order valence-corrected chi connectivity index (χ4v) is 9.50. The number of para-hydroxylation sites is 1. The smallest absolute Gasteiger partial charge is 0.234 e. The fourth-order valence-electron chi connectivity index (χ4n) is 9.50. The van der Waals surface area contributed by atoms with Gasteiger partial charge in [0.05, 0.1) is 12.1 Å². The zero-order valence-electron chi connectivity index (χ0n) is 31.0. The van der Waals surface area contributed by atoms with E-state index in [1.807, 2.05) is 36.4 Å². The van der Waals surface area contributed by atoms with Gasteiger partial charge < -0.3 is 14.5 Å². The van der Waals surface area contributed by atoms with E-state index in [4.69, 9.17) is 19.7 Å². The lowest BCUT2D eigenvalue weighted by Crippen LogP contribution is -2.53. The molecule has 3 heterocycles. The van der Waals surface area contributed by atoms with Gasteiger partial charge in [-0.15, -0.1) is 0 Å². The predicted molar refractivity (Wildman–Crippen MR) is 226 cm³/mol. The molecule has 0 spiro atoms. The molecule has 5 unspecified atom stereocenters. The van der Waals surface area contributed by atoms with E-state index < -0.39 is 5.41 Å². The largest absolute Gasteiger partial charge is 0.362 e. The first-order valence-corrected chi connectivity index (χ1v) is 19.5. The molecule has 6 heteroatoms. The highest BCUT2D eigenvalue weighted by Crippen LogP contribution is 2.56. The summed E-state index contributed by atoms with van der Waals surface area (Å²) in [5.41, 5.74) is 8.74. The van der Waals surface area contributed by atoms with Crippen LogP contribution in [0.25, 0.3) is 33.5 Å². The molecule has 6 nitrogen and oxygen atoms in total. The Morgan fingerprint density at radius 3 is 2.07 bits per heavy atom. The van der Waals surface area contributed by atoms with E-state index in [1.165, 1.54) is 38.9 Å². The quantitative estimate of drug-likeness (QED) is 0.176. The number of fused-ring (bicyclic) bond motifs is 7. The van der Waals surface area contributed by atoms with Crippen LogP contribution in [0.5, 0.6) is 0 Å². The molecule has 1 saturated heterocycles. The van der Waals surface area contributed by atoms with Gasteiger partial charge in [0, 0.05) is 40.0 Å². The monoisotopic (exact) mass is 725 g/mol. The maximum absolute atomic E-state index is 6.98. The molecule has 0 saturated carbocycles. The van der Waals surface area contributed by atoms with Gasteiger partial charge in [0.25, 0.3) is 0 Å². The molecule has 5 aliphatic rings. The molecule has 0 bridgehead atoms. The Hall–Kier alpha value is -6.63. The van der Waals surface area contributed by atoms with Gasteiger partial charge in [-0.25, -0.2) is 4.98 Å². The molecule has 5 atom stereocenters. The van der Waals surface area contributed by atoms with Crippen molar-refractivity contribution < 1.29 is 4.74 Å². The summed E-state index contributed by atoms with van der Waals surface area (Å²) in [6.07, 6.45) is 20.8. The molecule has 5 aromatic carbocycles. The highest BCUT2D eigenvalue weighted by atomic mass is 16.5. The second-order valence-corrected chi connectivity index (χ2v) is 15.3. The average molecular weight is 726 g/mol. The van der Waals surface area contributed by atoms with E-state index >= 15 is 0 Å². The molecule has 56 heavy (non-hydrogen) atoms. The van der Waals surface area contributed by atoms with Crippen molar-refractivity contribution >= 4 is 28.1 Å². The maximum atomic E-state index is 6.98. The lowest BCUT2D eigenvalue weighted by molar-refractivity contribution is 0.00472. The van der Waals surface area contributed by atoms with E-state index in [-0.39, 0.29) is 24.3 Å². The number of morpholine rings is 1. The highest BCUT2D eigenvalue weighted by molar-refractivity contribution is 5.96. The van der Waals surface area contributed by atoms with E-state index in [0.717, 1.165) is 23.2 Å². The Balaban J connectivity index is 1.10. The van der Waals surface area contributed by atoms with Crippen molar-refractivity contribution in [3.63, 3.8) is 0 Å². The zero-order valence-corrected chi connectivity index (χ0v) is 31.0. The molecule has 11 rings (SSSR count). The molecule has 3 aliphatic carbocycles. The Morgan fingerprint density at radius 1 is 0.643 bits per heavy atom. The van der Waals surface area contributed by atoms with E-state index in [2.05, 4.69) is 162 Å². The SMILES string of the molecule is CC12C=CC=C(C3=CC=C4C(C3)OC3C=CC=CC3N4c3ccccc3)C1N(c1nc(-c3ccccc3)nc(-c3ccccc3)n1)c1ccc3ccccc3c12. The minimum Gasteiger partial charge on any atom is -0.362 e. The summed E-state index contributed by atoms with van der Waals surface area (Å²) >= 11 is 0.